The van der Waals surface area contributed by atoms with E-state index in [1.807, 2.05) is 59.4 Å². The van der Waals surface area contributed by atoms with E-state index in [0.717, 1.165) is 11.5 Å². The van der Waals surface area contributed by atoms with Gasteiger partial charge in [-0.2, -0.15) is 5.10 Å². The van der Waals surface area contributed by atoms with Crippen LogP contribution in [0.5, 0.6) is 0 Å². The number of carbonyl (C=O) groups is 1. The summed E-state index contributed by atoms with van der Waals surface area (Å²) in [5, 5.41) is 7.19. The van der Waals surface area contributed by atoms with Crippen LogP contribution in [0.15, 0.2) is 61.1 Å². The van der Waals surface area contributed by atoms with Crippen LogP contribution in [-0.4, -0.2) is 20.3 Å². The highest BCUT2D eigenvalue weighted by atomic mass is 16.1. The molecule has 1 N–H and O–H groups in total. The zero-order valence-electron chi connectivity index (χ0n) is 11.0. The standard InChI is InChI=1S/C15H14N4O/c1-12(20)17-14-11-16-19(13-7-3-2-4-8-13)15(14)18-9-5-6-10-18/h2-11H,1H3,(H,17,20). The fourth-order valence-corrected chi connectivity index (χ4v) is 2.10. The molecule has 1 amide bonds. The number of amides is 1. The summed E-state index contributed by atoms with van der Waals surface area (Å²) in [7, 11) is 0. The SMILES string of the molecule is CC(=O)Nc1cnn(-c2ccccc2)c1-n1cccc1. The Kier molecular flexibility index (Phi) is 3.09. The highest BCUT2D eigenvalue weighted by Crippen LogP contribution is 2.23. The van der Waals surface area contributed by atoms with Crippen molar-refractivity contribution in [2.45, 2.75) is 6.92 Å². The number of anilines is 1. The lowest BCUT2D eigenvalue weighted by molar-refractivity contribution is -0.114. The quantitative estimate of drug-likeness (QED) is 0.792. The molecule has 0 radical (unpaired) electrons. The van der Waals surface area contributed by atoms with E-state index in [1.54, 1.807) is 10.9 Å². The molecule has 0 aliphatic heterocycles. The van der Waals surface area contributed by atoms with Crippen LogP contribution in [0, 0.1) is 0 Å². The number of carbonyl (C=O) groups excluding carboxylic acids is 1. The Morgan fingerprint density at radius 1 is 1.10 bits per heavy atom. The fourth-order valence-electron chi connectivity index (χ4n) is 2.10. The van der Waals surface area contributed by atoms with Crippen LogP contribution in [0.1, 0.15) is 6.92 Å². The van der Waals surface area contributed by atoms with E-state index in [9.17, 15) is 4.79 Å². The van der Waals surface area contributed by atoms with E-state index in [4.69, 9.17) is 0 Å². The summed E-state index contributed by atoms with van der Waals surface area (Å²) in [5.74, 6) is 0.683. The summed E-state index contributed by atoms with van der Waals surface area (Å²) >= 11 is 0. The molecule has 0 spiro atoms. The van der Waals surface area contributed by atoms with Crippen LogP contribution in [0.4, 0.5) is 5.69 Å². The molecule has 3 rings (SSSR count). The first-order valence-corrected chi connectivity index (χ1v) is 6.30. The molecule has 0 saturated carbocycles. The maximum atomic E-state index is 11.3. The molecule has 0 unspecified atom stereocenters. The summed E-state index contributed by atoms with van der Waals surface area (Å²) in [6.07, 6.45) is 5.49. The first-order chi connectivity index (χ1) is 9.75. The summed E-state index contributed by atoms with van der Waals surface area (Å²) < 4.78 is 3.72. The van der Waals surface area contributed by atoms with E-state index in [-0.39, 0.29) is 5.91 Å². The number of nitrogens with one attached hydrogen (secondary N) is 1. The number of para-hydroxylation sites is 1. The molecular weight excluding hydrogens is 252 g/mol. The number of hydrogen-bond acceptors (Lipinski definition) is 2. The predicted molar refractivity (Wildman–Crippen MR) is 77.2 cm³/mol. The Bertz CT molecular complexity index is 714. The predicted octanol–water partition coefficient (Wildman–Crippen LogP) is 2.62. The molecule has 0 fully saturated rings. The van der Waals surface area contributed by atoms with Crippen molar-refractivity contribution in [2.24, 2.45) is 0 Å². The minimum atomic E-state index is -0.119. The monoisotopic (exact) mass is 266 g/mol. The van der Waals surface area contributed by atoms with Gasteiger partial charge in [-0.3, -0.25) is 4.79 Å². The van der Waals surface area contributed by atoms with Gasteiger partial charge in [0.2, 0.25) is 5.91 Å². The molecule has 0 aliphatic carbocycles. The van der Waals surface area contributed by atoms with Crippen molar-refractivity contribution in [1.29, 1.82) is 0 Å². The molecule has 20 heavy (non-hydrogen) atoms. The lowest BCUT2D eigenvalue weighted by Crippen LogP contribution is -2.10. The molecule has 3 aromatic rings. The van der Waals surface area contributed by atoms with E-state index in [0.29, 0.717) is 5.69 Å². The Morgan fingerprint density at radius 3 is 2.45 bits per heavy atom. The third-order valence-electron chi connectivity index (χ3n) is 2.90. The van der Waals surface area contributed by atoms with Gasteiger partial charge in [-0.15, -0.1) is 0 Å². The van der Waals surface area contributed by atoms with Crippen molar-refractivity contribution in [3.05, 3.63) is 61.1 Å². The number of rotatable bonds is 3. The molecule has 1 aromatic carbocycles. The van der Waals surface area contributed by atoms with Crippen molar-refractivity contribution >= 4 is 11.6 Å². The van der Waals surface area contributed by atoms with Gasteiger partial charge in [-0.05, 0) is 24.3 Å². The molecule has 5 nitrogen and oxygen atoms in total. The highest BCUT2D eigenvalue weighted by Gasteiger charge is 2.14. The summed E-state index contributed by atoms with van der Waals surface area (Å²) in [5.41, 5.74) is 1.62. The molecule has 0 bridgehead atoms. The Labute approximate surface area is 116 Å². The molecule has 100 valence electrons. The van der Waals surface area contributed by atoms with Gasteiger partial charge in [-0.1, -0.05) is 18.2 Å². The highest BCUT2D eigenvalue weighted by molar-refractivity contribution is 5.90. The maximum absolute atomic E-state index is 11.3. The largest absolute Gasteiger partial charge is 0.322 e. The van der Waals surface area contributed by atoms with Crippen LogP contribution >= 0.6 is 0 Å². The van der Waals surface area contributed by atoms with Crippen molar-refractivity contribution < 1.29 is 4.79 Å². The summed E-state index contributed by atoms with van der Waals surface area (Å²) in [6, 6.07) is 13.7. The van der Waals surface area contributed by atoms with Crippen LogP contribution < -0.4 is 5.32 Å². The van der Waals surface area contributed by atoms with Gasteiger partial charge >= 0.3 is 0 Å². The zero-order valence-corrected chi connectivity index (χ0v) is 11.0. The fraction of sp³-hybridized carbons (Fsp3) is 0.0667. The average Bonchev–Trinajstić information content (AvgIpc) is 3.07. The summed E-state index contributed by atoms with van der Waals surface area (Å²) in [4.78, 5) is 11.3. The Balaban J connectivity index is 2.16. The summed E-state index contributed by atoms with van der Waals surface area (Å²) in [6.45, 7) is 1.49. The lowest BCUT2D eigenvalue weighted by Gasteiger charge is -2.10. The van der Waals surface area contributed by atoms with Crippen LogP contribution in [0.25, 0.3) is 11.5 Å². The second kappa shape index (κ2) is 5.05. The molecular formula is C15H14N4O. The maximum Gasteiger partial charge on any atom is 0.221 e. The normalized spacial score (nSPS) is 10.4. The smallest absolute Gasteiger partial charge is 0.221 e. The zero-order chi connectivity index (χ0) is 13.9. The first-order valence-electron chi connectivity index (χ1n) is 6.30. The van der Waals surface area contributed by atoms with Gasteiger partial charge in [0.15, 0.2) is 5.82 Å². The molecule has 2 heterocycles. The van der Waals surface area contributed by atoms with Crippen molar-refractivity contribution in [2.75, 3.05) is 5.32 Å². The van der Waals surface area contributed by atoms with Gasteiger partial charge in [0, 0.05) is 19.3 Å². The first kappa shape index (κ1) is 12.2. The molecule has 0 atom stereocenters. The number of benzene rings is 1. The molecule has 5 heteroatoms. The lowest BCUT2D eigenvalue weighted by atomic mass is 10.3. The number of aromatic nitrogens is 3. The second-order valence-corrected chi connectivity index (χ2v) is 4.40. The molecule has 0 saturated heterocycles. The Hall–Kier alpha value is -2.82. The molecule has 2 aromatic heterocycles. The van der Waals surface area contributed by atoms with Crippen LogP contribution in [-0.2, 0) is 4.79 Å². The van der Waals surface area contributed by atoms with Crippen LogP contribution in [0.2, 0.25) is 0 Å². The van der Waals surface area contributed by atoms with Crippen molar-refractivity contribution in [3.63, 3.8) is 0 Å². The van der Waals surface area contributed by atoms with Crippen molar-refractivity contribution in [1.82, 2.24) is 14.3 Å². The van der Waals surface area contributed by atoms with Gasteiger partial charge in [0.25, 0.3) is 0 Å². The van der Waals surface area contributed by atoms with E-state index >= 15 is 0 Å². The average molecular weight is 266 g/mol. The third kappa shape index (κ3) is 2.21. The second-order valence-electron chi connectivity index (χ2n) is 4.40. The topological polar surface area (TPSA) is 51.9 Å². The molecule has 0 aliphatic rings. The third-order valence-corrected chi connectivity index (χ3v) is 2.90. The van der Waals surface area contributed by atoms with Crippen LogP contribution in [0.3, 0.4) is 0 Å². The van der Waals surface area contributed by atoms with Gasteiger partial charge in [0.1, 0.15) is 5.69 Å². The Morgan fingerprint density at radius 2 is 1.80 bits per heavy atom. The van der Waals surface area contributed by atoms with Crippen molar-refractivity contribution in [3.8, 4) is 11.5 Å². The minimum absolute atomic E-state index is 0.119. The van der Waals surface area contributed by atoms with Gasteiger partial charge < -0.3 is 9.88 Å². The van der Waals surface area contributed by atoms with E-state index in [2.05, 4.69) is 10.4 Å². The van der Waals surface area contributed by atoms with E-state index in [1.165, 1.54) is 6.92 Å². The number of hydrogen-bond donors (Lipinski definition) is 1. The number of nitrogens with zero attached hydrogens (tertiary/aromatic N) is 3. The van der Waals surface area contributed by atoms with E-state index < -0.39 is 0 Å². The van der Waals surface area contributed by atoms with Gasteiger partial charge in [-0.25, -0.2) is 4.68 Å². The minimum Gasteiger partial charge on any atom is -0.322 e. The van der Waals surface area contributed by atoms with Gasteiger partial charge in [0.05, 0.1) is 11.9 Å².